The Labute approximate surface area is 98.9 Å². The van der Waals surface area contributed by atoms with Gasteiger partial charge in [0.25, 0.3) is 0 Å². The zero-order valence-corrected chi connectivity index (χ0v) is 9.24. The molecule has 0 saturated heterocycles. The minimum Gasteiger partial charge on any atom is -0.456 e. The lowest BCUT2D eigenvalue weighted by molar-refractivity contribution is 0.481. The van der Waals surface area contributed by atoms with Crippen LogP contribution in [0, 0.1) is 0 Å². The average molecular weight is 229 g/mol. The van der Waals surface area contributed by atoms with Gasteiger partial charge in [-0.1, -0.05) is 42.0 Å². The maximum Gasteiger partial charge on any atom is 0.136 e. The van der Waals surface area contributed by atoms with Crippen LogP contribution in [0.3, 0.4) is 0 Å². The van der Waals surface area contributed by atoms with Crippen LogP contribution in [0.2, 0.25) is 5.02 Å². The van der Waals surface area contributed by atoms with Crippen molar-refractivity contribution >= 4 is 23.8 Å². The monoisotopic (exact) mass is 228 g/mol. The van der Waals surface area contributed by atoms with Crippen molar-refractivity contribution in [2.24, 2.45) is 0 Å². The van der Waals surface area contributed by atoms with E-state index in [0.717, 1.165) is 22.6 Å². The van der Waals surface area contributed by atoms with Crippen LogP contribution in [0.25, 0.3) is 12.2 Å². The number of hydrogen-bond donors (Lipinski definition) is 0. The van der Waals surface area contributed by atoms with Gasteiger partial charge in [-0.15, -0.1) is 0 Å². The molecular weight excluding hydrogens is 220 g/mol. The fourth-order valence-electron chi connectivity index (χ4n) is 1.74. The first-order valence-electron chi connectivity index (χ1n) is 5.07. The quantitative estimate of drug-likeness (QED) is 0.546. The second kappa shape index (κ2) is 3.69. The van der Waals surface area contributed by atoms with Crippen molar-refractivity contribution in [2.75, 3.05) is 0 Å². The Morgan fingerprint density at radius 2 is 1.56 bits per heavy atom. The molecule has 0 spiro atoms. The van der Waals surface area contributed by atoms with Gasteiger partial charge in [-0.3, -0.25) is 0 Å². The summed E-state index contributed by atoms with van der Waals surface area (Å²) in [6.45, 7) is 0. The normalized spacial score (nSPS) is 12.3. The second-order valence-corrected chi connectivity index (χ2v) is 4.09. The summed E-state index contributed by atoms with van der Waals surface area (Å²) >= 11 is 5.95. The minimum atomic E-state index is 0.687. The number of benzene rings is 2. The lowest BCUT2D eigenvalue weighted by Crippen LogP contribution is -1.87. The molecule has 2 aromatic rings. The van der Waals surface area contributed by atoms with Crippen molar-refractivity contribution in [3.05, 3.63) is 58.6 Å². The first kappa shape index (κ1) is 9.49. The standard InChI is InChI=1S/C14H9ClO/c15-12-8-7-11-6-5-10-3-1-2-4-13(10)16-14(11)9-12/h1-9H. The van der Waals surface area contributed by atoms with Crippen molar-refractivity contribution in [1.82, 2.24) is 0 Å². The summed E-state index contributed by atoms with van der Waals surface area (Å²) in [7, 11) is 0. The summed E-state index contributed by atoms with van der Waals surface area (Å²) in [5, 5.41) is 0.687. The number of ether oxygens (including phenoxy) is 1. The average Bonchev–Trinajstić information content (AvgIpc) is 2.47. The molecule has 0 radical (unpaired) electrons. The highest BCUT2D eigenvalue weighted by atomic mass is 35.5. The Hall–Kier alpha value is -1.73. The van der Waals surface area contributed by atoms with E-state index in [1.807, 2.05) is 48.5 Å². The molecule has 0 fully saturated rings. The molecule has 3 rings (SSSR count). The van der Waals surface area contributed by atoms with Crippen LogP contribution in [0.1, 0.15) is 11.1 Å². The van der Waals surface area contributed by atoms with Crippen molar-refractivity contribution in [3.63, 3.8) is 0 Å². The molecule has 0 atom stereocenters. The summed E-state index contributed by atoms with van der Waals surface area (Å²) in [6, 6.07) is 13.6. The number of para-hydroxylation sites is 1. The Balaban J connectivity index is 2.18. The van der Waals surface area contributed by atoms with Crippen LogP contribution < -0.4 is 4.74 Å². The van der Waals surface area contributed by atoms with Crippen LogP contribution in [0.15, 0.2) is 42.5 Å². The van der Waals surface area contributed by atoms with E-state index < -0.39 is 0 Å². The van der Waals surface area contributed by atoms with E-state index in [4.69, 9.17) is 16.3 Å². The minimum absolute atomic E-state index is 0.687. The molecule has 16 heavy (non-hydrogen) atoms. The summed E-state index contributed by atoms with van der Waals surface area (Å²) in [4.78, 5) is 0. The Morgan fingerprint density at radius 3 is 2.44 bits per heavy atom. The highest BCUT2D eigenvalue weighted by Crippen LogP contribution is 2.35. The molecule has 0 amide bonds. The SMILES string of the molecule is Clc1ccc2c(c1)Oc1ccccc1C=C2. The lowest BCUT2D eigenvalue weighted by Gasteiger charge is -2.08. The topological polar surface area (TPSA) is 9.23 Å². The highest BCUT2D eigenvalue weighted by molar-refractivity contribution is 6.30. The smallest absolute Gasteiger partial charge is 0.136 e. The van der Waals surface area contributed by atoms with Gasteiger partial charge in [0.2, 0.25) is 0 Å². The Bertz CT molecular complexity index is 573. The number of rotatable bonds is 0. The van der Waals surface area contributed by atoms with E-state index in [1.54, 1.807) is 0 Å². The fourth-order valence-corrected chi connectivity index (χ4v) is 1.91. The van der Waals surface area contributed by atoms with Crippen LogP contribution in [0.5, 0.6) is 11.5 Å². The van der Waals surface area contributed by atoms with Gasteiger partial charge in [-0.25, -0.2) is 0 Å². The molecule has 0 aliphatic carbocycles. The number of hydrogen-bond acceptors (Lipinski definition) is 1. The largest absolute Gasteiger partial charge is 0.456 e. The molecule has 1 nitrogen and oxygen atoms in total. The van der Waals surface area contributed by atoms with E-state index in [1.165, 1.54) is 0 Å². The molecule has 0 aromatic heterocycles. The molecule has 0 N–H and O–H groups in total. The van der Waals surface area contributed by atoms with Gasteiger partial charge in [-0.05, 0) is 18.2 Å². The Morgan fingerprint density at radius 1 is 0.812 bits per heavy atom. The van der Waals surface area contributed by atoms with Crippen molar-refractivity contribution < 1.29 is 4.74 Å². The summed E-state index contributed by atoms with van der Waals surface area (Å²) < 4.78 is 5.84. The molecule has 0 unspecified atom stereocenters. The zero-order valence-electron chi connectivity index (χ0n) is 8.48. The van der Waals surface area contributed by atoms with Crippen LogP contribution in [-0.2, 0) is 0 Å². The molecule has 78 valence electrons. The first-order chi connectivity index (χ1) is 7.83. The van der Waals surface area contributed by atoms with E-state index in [-0.39, 0.29) is 0 Å². The predicted molar refractivity (Wildman–Crippen MR) is 66.9 cm³/mol. The molecule has 0 bridgehead atoms. The van der Waals surface area contributed by atoms with Gasteiger partial charge in [0.05, 0.1) is 0 Å². The van der Waals surface area contributed by atoms with Gasteiger partial charge in [0.15, 0.2) is 0 Å². The van der Waals surface area contributed by atoms with Gasteiger partial charge >= 0.3 is 0 Å². The van der Waals surface area contributed by atoms with E-state index >= 15 is 0 Å². The molecule has 1 aliphatic heterocycles. The molecule has 0 saturated carbocycles. The number of halogens is 1. The molecule has 1 aliphatic rings. The maximum absolute atomic E-state index is 5.95. The lowest BCUT2D eigenvalue weighted by atomic mass is 10.1. The van der Waals surface area contributed by atoms with Crippen LogP contribution in [-0.4, -0.2) is 0 Å². The summed E-state index contributed by atoms with van der Waals surface area (Å²) in [5.41, 5.74) is 2.12. The highest BCUT2D eigenvalue weighted by Gasteiger charge is 2.09. The number of fused-ring (bicyclic) bond motifs is 2. The summed E-state index contributed by atoms with van der Waals surface area (Å²) in [6.07, 6.45) is 4.09. The van der Waals surface area contributed by atoms with Gasteiger partial charge in [0, 0.05) is 22.2 Å². The van der Waals surface area contributed by atoms with E-state index in [2.05, 4.69) is 6.08 Å². The van der Waals surface area contributed by atoms with Crippen LogP contribution >= 0.6 is 11.6 Å². The van der Waals surface area contributed by atoms with Gasteiger partial charge in [-0.2, -0.15) is 0 Å². The van der Waals surface area contributed by atoms with Gasteiger partial charge < -0.3 is 4.74 Å². The Kier molecular flexibility index (Phi) is 2.19. The van der Waals surface area contributed by atoms with E-state index in [9.17, 15) is 0 Å². The van der Waals surface area contributed by atoms with Crippen molar-refractivity contribution in [2.45, 2.75) is 0 Å². The third-order valence-corrected chi connectivity index (χ3v) is 2.79. The predicted octanol–water partition coefficient (Wildman–Crippen LogP) is 4.62. The van der Waals surface area contributed by atoms with Crippen LogP contribution in [0.4, 0.5) is 0 Å². The molecule has 1 heterocycles. The zero-order chi connectivity index (χ0) is 11.0. The van der Waals surface area contributed by atoms with Crippen molar-refractivity contribution in [3.8, 4) is 11.5 Å². The fraction of sp³-hybridized carbons (Fsp3) is 0. The maximum atomic E-state index is 5.95. The van der Waals surface area contributed by atoms with Gasteiger partial charge in [0.1, 0.15) is 11.5 Å². The molecule has 2 heteroatoms. The first-order valence-corrected chi connectivity index (χ1v) is 5.45. The van der Waals surface area contributed by atoms with E-state index in [0.29, 0.717) is 5.02 Å². The van der Waals surface area contributed by atoms with Crippen molar-refractivity contribution in [1.29, 1.82) is 0 Å². The second-order valence-electron chi connectivity index (χ2n) is 3.66. The third kappa shape index (κ3) is 1.59. The third-order valence-electron chi connectivity index (χ3n) is 2.56. The summed E-state index contributed by atoms with van der Waals surface area (Å²) in [5.74, 6) is 1.66. The molecular formula is C14H9ClO. The molecule has 2 aromatic carbocycles.